The molecule has 0 aliphatic carbocycles. The van der Waals surface area contributed by atoms with Crippen LogP contribution >= 0.6 is 0 Å². The Morgan fingerprint density at radius 2 is 1.63 bits per heavy atom. The fourth-order valence-corrected chi connectivity index (χ4v) is 2.15. The summed E-state index contributed by atoms with van der Waals surface area (Å²) >= 11 is 0. The zero-order chi connectivity index (χ0) is 14.0. The second-order valence-electron chi connectivity index (χ2n) is 4.85. The predicted molar refractivity (Wildman–Crippen MR) is 72.9 cm³/mol. The summed E-state index contributed by atoms with van der Waals surface area (Å²) in [6, 6.07) is 11.4. The summed E-state index contributed by atoms with van der Waals surface area (Å²) in [4.78, 5) is 0. The quantitative estimate of drug-likeness (QED) is 0.885. The van der Waals surface area contributed by atoms with Crippen molar-refractivity contribution >= 4 is 0 Å². The van der Waals surface area contributed by atoms with Gasteiger partial charge in [0.2, 0.25) is 0 Å². The van der Waals surface area contributed by atoms with E-state index < -0.39 is 17.7 Å². The summed E-state index contributed by atoms with van der Waals surface area (Å²) in [7, 11) is 0. The maximum absolute atomic E-state index is 13.9. The first-order valence-electron chi connectivity index (χ1n) is 6.26. The average Bonchev–Trinajstić information content (AvgIpc) is 2.42. The van der Waals surface area contributed by atoms with E-state index >= 15 is 0 Å². The Morgan fingerprint density at radius 1 is 1.00 bits per heavy atom. The minimum atomic E-state index is -0.572. The van der Waals surface area contributed by atoms with Gasteiger partial charge in [-0.05, 0) is 30.2 Å². The lowest BCUT2D eigenvalue weighted by Crippen LogP contribution is -2.19. The maximum atomic E-state index is 13.9. The van der Waals surface area contributed by atoms with E-state index in [-0.39, 0.29) is 11.5 Å². The van der Waals surface area contributed by atoms with Gasteiger partial charge in [0.05, 0.1) is 0 Å². The van der Waals surface area contributed by atoms with Gasteiger partial charge in [0.15, 0.2) is 0 Å². The Bertz CT molecular complexity index is 566. The Hall–Kier alpha value is -1.74. The molecule has 0 aliphatic heterocycles. The zero-order valence-electron chi connectivity index (χ0n) is 11.0. The largest absolute Gasteiger partial charge is 0.323 e. The molecule has 0 heterocycles. The first kappa shape index (κ1) is 13.7. The lowest BCUT2D eigenvalue weighted by molar-refractivity contribution is 0.525. The van der Waals surface area contributed by atoms with Crippen LogP contribution in [0, 0.1) is 18.6 Å². The standard InChI is InChI=1S/C16H17F2N/c1-10-8-15(18)13(9-14(10)17)16(19)11(2)12-6-4-3-5-7-12/h3-9,11,16H,19H2,1-2H3. The van der Waals surface area contributed by atoms with Crippen LogP contribution in [0.3, 0.4) is 0 Å². The highest BCUT2D eigenvalue weighted by Gasteiger charge is 2.21. The van der Waals surface area contributed by atoms with Gasteiger partial charge in [-0.25, -0.2) is 8.78 Å². The summed E-state index contributed by atoms with van der Waals surface area (Å²) in [5.41, 5.74) is 7.61. The molecule has 100 valence electrons. The molecule has 0 saturated heterocycles. The normalized spacial score (nSPS) is 14.2. The van der Waals surface area contributed by atoms with Crippen LogP contribution in [0.15, 0.2) is 42.5 Å². The summed E-state index contributed by atoms with van der Waals surface area (Å²) in [5.74, 6) is -0.959. The second-order valence-corrected chi connectivity index (χ2v) is 4.85. The van der Waals surface area contributed by atoms with Crippen molar-refractivity contribution in [2.45, 2.75) is 25.8 Å². The SMILES string of the molecule is Cc1cc(F)c(C(N)C(C)c2ccccc2)cc1F. The molecule has 2 atom stereocenters. The van der Waals surface area contributed by atoms with Gasteiger partial charge in [-0.2, -0.15) is 0 Å². The van der Waals surface area contributed by atoms with Crippen LogP contribution in [0.5, 0.6) is 0 Å². The van der Waals surface area contributed by atoms with E-state index in [0.29, 0.717) is 5.56 Å². The highest BCUT2D eigenvalue weighted by Crippen LogP contribution is 2.30. The summed E-state index contributed by atoms with van der Waals surface area (Å²) in [6.45, 7) is 3.45. The van der Waals surface area contributed by atoms with Crippen molar-refractivity contribution in [1.82, 2.24) is 0 Å². The van der Waals surface area contributed by atoms with Gasteiger partial charge in [0.1, 0.15) is 11.6 Å². The zero-order valence-corrected chi connectivity index (χ0v) is 11.0. The maximum Gasteiger partial charge on any atom is 0.128 e. The predicted octanol–water partition coefficient (Wildman–Crippen LogP) is 4.08. The van der Waals surface area contributed by atoms with Crippen molar-refractivity contribution in [2.24, 2.45) is 5.73 Å². The lowest BCUT2D eigenvalue weighted by Gasteiger charge is -2.21. The second kappa shape index (κ2) is 5.49. The van der Waals surface area contributed by atoms with Crippen LogP contribution in [-0.4, -0.2) is 0 Å². The van der Waals surface area contributed by atoms with E-state index in [9.17, 15) is 8.78 Å². The fraction of sp³-hybridized carbons (Fsp3) is 0.250. The van der Waals surface area contributed by atoms with E-state index in [1.807, 2.05) is 37.3 Å². The van der Waals surface area contributed by atoms with Crippen LogP contribution in [0.2, 0.25) is 0 Å². The monoisotopic (exact) mass is 261 g/mol. The van der Waals surface area contributed by atoms with Crippen LogP contribution in [0.1, 0.15) is 35.6 Å². The Balaban J connectivity index is 2.34. The van der Waals surface area contributed by atoms with Crippen molar-refractivity contribution in [1.29, 1.82) is 0 Å². The molecule has 0 bridgehead atoms. The number of nitrogens with two attached hydrogens (primary N) is 1. The topological polar surface area (TPSA) is 26.0 Å². The summed E-state index contributed by atoms with van der Waals surface area (Å²) in [6.07, 6.45) is 0. The molecule has 0 aliphatic rings. The van der Waals surface area contributed by atoms with Crippen LogP contribution < -0.4 is 5.73 Å². The average molecular weight is 261 g/mol. The van der Waals surface area contributed by atoms with Gasteiger partial charge >= 0.3 is 0 Å². The Morgan fingerprint density at radius 3 is 2.26 bits per heavy atom. The molecule has 0 amide bonds. The van der Waals surface area contributed by atoms with Crippen molar-refractivity contribution < 1.29 is 8.78 Å². The molecule has 2 aromatic carbocycles. The molecule has 0 spiro atoms. The van der Waals surface area contributed by atoms with E-state index in [0.717, 1.165) is 5.56 Å². The van der Waals surface area contributed by atoms with Crippen molar-refractivity contribution in [3.05, 3.63) is 70.8 Å². The van der Waals surface area contributed by atoms with Crippen LogP contribution in [0.25, 0.3) is 0 Å². The lowest BCUT2D eigenvalue weighted by atomic mass is 9.88. The third-order valence-corrected chi connectivity index (χ3v) is 3.50. The van der Waals surface area contributed by atoms with Gasteiger partial charge in [0.25, 0.3) is 0 Å². The van der Waals surface area contributed by atoms with Crippen molar-refractivity contribution in [3.63, 3.8) is 0 Å². The minimum absolute atomic E-state index is 0.0854. The van der Waals surface area contributed by atoms with Crippen LogP contribution in [0.4, 0.5) is 8.78 Å². The summed E-state index contributed by atoms with van der Waals surface area (Å²) in [5, 5.41) is 0. The third-order valence-electron chi connectivity index (χ3n) is 3.50. The van der Waals surface area contributed by atoms with Gasteiger partial charge in [-0.15, -0.1) is 0 Å². The number of hydrogen-bond acceptors (Lipinski definition) is 1. The van der Waals surface area contributed by atoms with Gasteiger partial charge in [0, 0.05) is 17.5 Å². The van der Waals surface area contributed by atoms with E-state index in [1.165, 1.54) is 19.1 Å². The number of hydrogen-bond donors (Lipinski definition) is 1. The number of rotatable bonds is 3. The molecular formula is C16H17F2N. The Labute approximate surface area is 112 Å². The smallest absolute Gasteiger partial charge is 0.128 e. The molecule has 0 aromatic heterocycles. The molecule has 1 nitrogen and oxygen atoms in total. The van der Waals surface area contributed by atoms with Crippen molar-refractivity contribution in [2.75, 3.05) is 0 Å². The number of aryl methyl sites for hydroxylation is 1. The molecule has 0 fully saturated rings. The van der Waals surface area contributed by atoms with E-state index in [1.54, 1.807) is 0 Å². The molecular weight excluding hydrogens is 244 g/mol. The molecule has 2 rings (SSSR count). The molecule has 0 radical (unpaired) electrons. The molecule has 0 saturated carbocycles. The molecule has 2 aromatic rings. The molecule has 2 unspecified atom stereocenters. The first-order chi connectivity index (χ1) is 9.00. The Kier molecular flexibility index (Phi) is 3.96. The van der Waals surface area contributed by atoms with E-state index in [2.05, 4.69) is 0 Å². The van der Waals surface area contributed by atoms with Gasteiger partial charge < -0.3 is 5.73 Å². The van der Waals surface area contributed by atoms with Crippen LogP contribution in [-0.2, 0) is 0 Å². The molecule has 3 heteroatoms. The van der Waals surface area contributed by atoms with E-state index in [4.69, 9.17) is 5.73 Å². The van der Waals surface area contributed by atoms with Gasteiger partial charge in [-0.1, -0.05) is 37.3 Å². The highest BCUT2D eigenvalue weighted by molar-refractivity contribution is 5.31. The molecule has 2 N–H and O–H groups in total. The van der Waals surface area contributed by atoms with Crippen molar-refractivity contribution in [3.8, 4) is 0 Å². The summed E-state index contributed by atoms with van der Waals surface area (Å²) < 4.78 is 27.5. The molecule has 19 heavy (non-hydrogen) atoms. The first-order valence-corrected chi connectivity index (χ1v) is 6.26. The minimum Gasteiger partial charge on any atom is -0.323 e. The number of halogens is 2. The third kappa shape index (κ3) is 2.82. The highest BCUT2D eigenvalue weighted by atomic mass is 19.1. The number of benzene rings is 2. The van der Waals surface area contributed by atoms with Gasteiger partial charge in [-0.3, -0.25) is 0 Å². The fourth-order valence-electron chi connectivity index (χ4n) is 2.15.